The molecule has 2 N–H and O–H groups in total. The molecule has 26 heavy (non-hydrogen) atoms. The van der Waals surface area contributed by atoms with E-state index < -0.39 is 0 Å². The molecule has 0 aliphatic heterocycles. The van der Waals surface area contributed by atoms with Crippen LogP contribution >= 0.6 is 11.6 Å². The SMILES string of the molecule is C[C@@H](C(=O)NCCCc1nc2ccc(Cl)cc2[nH]1)N(C)C1CCCCC1. The number of nitrogens with zero attached hydrogens (tertiary/aromatic N) is 2. The van der Waals surface area contributed by atoms with E-state index in [4.69, 9.17) is 11.6 Å². The van der Waals surface area contributed by atoms with Gasteiger partial charge in [-0.2, -0.15) is 0 Å². The fourth-order valence-corrected chi connectivity index (χ4v) is 3.93. The van der Waals surface area contributed by atoms with Gasteiger partial charge in [0.2, 0.25) is 5.91 Å². The predicted molar refractivity (Wildman–Crippen MR) is 107 cm³/mol. The van der Waals surface area contributed by atoms with Gasteiger partial charge in [0.25, 0.3) is 0 Å². The molecular formula is C20H29ClN4O. The minimum absolute atomic E-state index is 0.0774. The van der Waals surface area contributed by atoms with Gasteiger partial charge in [0.15, 0.2) is 0 Å². The zero-order valence-electron chi connectivity index (χ0n) is 15.7. The fraction of sp³-hybridized carbons (Fsp3) is 0.600. The third kappa shape index (κ3) is 4.77. The smallest absolute Gasteiger partial charge is 0.237 e. The first-order valence-electron chi connectivity index (χ1n) is 9.68. The van der Waals surface area contributed by atoms with Crippen LogP contribution in [0.4, 0.5) is 0 Å². The summed E-state index contributed by atoms with van der Waals surface area (Å²) in [5, 5.41) is 3.78. The summed E-state index contributed by atoms with van der Waals surface area (Å²) in [6.07, 6.45) is 7.99. The summed E-state index contributed by atoms with van der Waals surface area (Å²) in [7, 11) is 2.08. The Morgan fingerprint density at radius 2 is 2.15 bits per heavy atom. The second kappa shape index (κ2) is 8.87. The van der Waals surface area contributed by atoms with E-state index in [1.165, 1.54) is 32.1 Å². The summed E-state index contributed by atoms with van der Waals surface area (Å²) >= 11 is 6.00. The van der Waals surface area contributed by atoms with Gasteiger partial charge in [0.05, 0.1) is 17.1 Å². The van der Waals surface area contributed by atoms with Crippen LogP contribution in [0, 0.1) is 0 Å². The third-order valence-corrected chi connectivity index (χ3v) is 5.76. The van der Waals surface area contributed by atoms with Gasteiger partial charge in [-0.25, -0.2) is 4.98 Å². The molecule has 1 aliphatic rings. The van der Waals surface area contributed by atoms with E-state index in [9.17, 15) is 4.79 Å². The van der Waals surface area contributed by atoms with Crippen molar-refractivity contribution in [2.24, 2.45) is 0 Å². The van der Waals surface area contributed by atoms with E-state index in [0.29, 0.717) is 17.6 Å². The van der Waals surface area contributed by atoms with E-state index in [1.54, 1.807) is 0 Å². The molecule has 0 radical (unpaired) electrons. The number of aromatic nitrogens is 2. The third-order valence-electron chi connectivity index (χ3n) is 5.52. The van der Waals surface area contributed by atoms with Crippen molar-refractivity contribution in [1.82, 2.24) is 20.2 Å². The van der Waals surface area contributed by atoms with Crippen molar-refractivity contribution in [2.75, 3.05) is 13.6 Å². The highest BCUT2D eigenvalue weighted by atomic mass is 35.5. The Balaban J connectivity index is 1.42. The van der Waals surface area contributed by atoms with Crippen molar-refractivity contribution in [1.29, 1.82) is 0 Å². The zero-order chi connectivity index (χ0) is 18.5. The molecule has 1 amide bonds. The van der Waals surface area contributed by atoms with Crippen LogP contribution in [0.5, 0.6) is 0 Å². The van der Waals surface area contributed by atoms with Gasteiger partial charge >= 0.3 is 0 Å². The number of benzene rings is 1. The second-order valence-corrected chi connectivity index (χ2v) is 7.81. The first-order chi connectivity index (χ1) is 12.5. The minimum atomic E-state index is -0.0774. The fourth-order valence-electron chi connectivity index (χ4n) is 3.76. The standard InChI is InChI=1S/C20H29ClN4O/c1-14(25(2)16-7-4-3-5-8-16)20(26)22-12-6-9-19-23-17-11-10-15(21)13-18(17)24-19/h10-11,13-14,16H,3-9,12H2,1-2H3,(H,22,26)(H,23,24)/t14-/m0/s1. The molecule has 1 aromatic carbocycles. The van der Waals surface area contributed by atoms with Crippen LogP contribution in [0.3, 0.4) is 0 Å². The number of fused-ring (bicyclic) bond motifs is 1. The maximum atomic E-state index is 12.4. The molecule has 1 saturated carbocycles. The number of hydrogen-bond donors (Lipinski definition) is 2. The Morgan fingerprint density at radius 3 is 2.92 bits per heavy atom. The number of likely N-dealkylation sites (N-methyl/N-ethyl adjacent to an activating group) is 1. The number of halogens is 1. The highest BCUT2D eigenvalue weighted by Crippen LogP contribution is 2.23. The average Bonchev–Trinajstić information content (AvgIpc) is 3.06. The van der Waals surface area contributed by atoms with E-state index in [0.717, 1.165) is 29.7 Å². The Bertz CT molecular complexity index is 738. The van der Waals surface area contributed by atoms with E-state index in [1.807, 2.05) is 25.1 Å². The highest BCUT2D eigenvalue weighted by Gasteiger charge is 2.25. The molecule has 1 heterocycles. The van der Waals surface area contributed by atoms with Crippen molar-refractivity contribution in [3.63, 3.8) is 0 Å². The van der Waals surface area contributed by atoms with Crippen molar-refractivity contribution >= 4 is 28.5 Å². The quantitative estimate of drug-likeness (QED) is 0.720. The van der Waals surface area contributed by atoms with Crippen molar-refractivity contribution < 1.29 is 4.79 Å². The summed E-state index contributed by atoms with van der Waals surface area (Å²) in [5.41, 5.74) is 1.88. The number of rotatable bonds is 7. The minimum Gasteiger partial charge on any atom is -0.355 e. The van der Waals surface area contributed by atoms with Gasteiger partial charge in [-0.1, -0.05) is 30.9 Å². The van der Waals surface area contributed by atoms with Gasteiger partial charge in [-0.15, -0.1) is 0 Å². The summed E-state index contributed by atoms with van der Waals surface area (Å²) < 4.78 is 0. The van der Waals surface area contributed by atoms with Crippen LogP contribution in [0.25, 0.3) is 11.0 Å². The van der Waals surface area contributed by atoms with Crippen LogP contribution in [0.1, 0.15) is 51.3 Å². The second-order valence-electron chi connectivity index (χ2n) is 7.37. The zero-order valence-corrected chi connectivity index (χ0v) is 16.5. The van der Waals surface area contributed by atoms with E-state index >= 15 is 0 Å². The number of carbonyl (C=O) groups excluding carboxylic acids is 1. The van der Waals surface area contributed by atoms with Crippen LogP contribution in [-0.2, 0) is 11.2 Å². The van der Waals surface area contributed by atoms with Crippen molar-refractivity contribution in [2.45, 2.75) is 64.0 Å². The lowest BCUT2D eigenvalue weighted by atomic mass is 9.93. The lowest BCUT2D eigenvalue weighted by Crippen LogP contribution is -2.48. The van der Waals surface area contributed by atoms with Gasteiger partial charge in [0, 0.05) is 24.0 Å². The van der Waals surface area contributed by atoms with Crippen LogP contribution in [-0.4, -0.2) is 46.5 Å². The normalized spacial score (nSPS) is 16.9. The lowest BCUT2D eigenvalue weighted by molar-refractivity contribution is -0.126. The first kappa shape index (κ1) is 19.2. The largest absolute Gasteiger partial charge is 0.355 e. The van der Waals surface area contributed by atoms with E-state index in [-0.39, 0.29) is 11.9 Å². The highest BCUT2D eigenvalue weighted by molar-refractivity contribution is 6.31. The van der Waals surface area contributed by atoms with Gasteiger partial charge < -0.3 is 10.3 Å². The molecule has 142 valence electrons. The molecule has 0 saturated heterocycles. The molecule has 6 heteroatoms. The Kier molecular flexibility index (Phi) is 6.54. The Hall–Kier alpha value is -1.59. The number of aryl methyl sites for hydroxylation is 1. The van der Waals surface area contributed by atoms with Crippen LogP contribution < -0.4 is 5.32 Å². The maximum absolute atomic E-state index is 12.4. The Morgan fingerprint density at radius 1 is 1.38 bits per heavy atom. The first-order valence-corrected chi connectivity index (χ1v) is 10.1. The molecule has 1 aromatic heterocycles. The molecule has 2 aromatic rings. The molecule has 3 rings (SSSR count). The summed E-state index contributed by atoms with van der Waals surface area (Å²) in [6.45, 7) is 2.67. The molecule has 1 aliphatic carbocycles. The number of amides is 1. The number of nitrogens with one attached hydrogen (secondary N) is 2. The molecule has 0 spiro atoms. The number of carbonyl (C=O) groups is 1. The monoisotopic (exact) mass is 376 g/mol. The van der Waals surface area contributed by atoms with Crippen molar-refractivity contribution in [3.8, 4) is 0 Å². The number of hydrogen-bond acceptors (Lipinski definition) is 3. The maximum Gasteiger partial charge on any atom is 0.237 e. The number of imidazole rings is 1. The predicted octanol–water partition coefficient (Wildman–Crippen LogP) is 3.92. The summed E-state index contributed by atoms with van der Waals surface area (Å²) in [5.74, 6) is 1.05. The molecule has 1 atom stereocenters. The van der Waals surface area contributed by atoms with Crippen LogP contribution in [0.2, 0.25) is 5.02 Å². The lowest BCUT2D eigenvalue weighted by Gasteiger charge is -2.34. The Labute approximate surface area is 160 Å². The number of H-pyrrole nitrogens is 1. The summed E-state index contributed by atoms with van der Waals surface area (Å²) in [6, 6.07) is 6.12. The number of aromatic amines is 1. The molecule has 0 unspecified atom stereocenters. The molecular weight excluding hydrogens is 348 g/mol. The van der Waals surface area contributed by atoms with Crippen molar-refractivity contribution in [3.05, 3.63) is 29.0 Å². The molecule has 1 fully saturated rings. The van der Waals surface area contributed by atoms with Crippen LogP contribution in [0.15, 0.2) is 18.2 Å². The van der Waals surface area contributed by atoms with Gasteiger partial charge in [-0.05, 0) is 51.4 Å². The molecule has 5 nitrogen and oxygen atoms in total. The van der Waals surface area contributed by atoms with E-state index in [2.05, 4.69) is 27.2 Å². The summed E-state index contributed by atoms with van der Waals surface area (Å²) in [4.78, 5) is 22.5. The van der Waals surface area contributed by atoms with Gasteiger partial charge in [0.1, 0.15) is 5.82 Å². The topological polar surface area (TPSA) is 61.0 Å². The molecule has 0 bridgehead atoms. The average molecular weight is 377 g/mol. The van der Waals surface area contributed by atoms with Gasteiger partial charge in [-0.3, -0.25) is 9.69 Å².